The highest BCUT2D eigenvalue weighted by Crippen LogP contribution is 2.46. The van der Waals surface area contributed by atoms with Crippen LogP contribution in [-0.4, -0.2) is 35.0 Å². The first kappa shape index (κ1) is 31.3. The van der Waals surface area contributed by atoms with Crippen LogP contribution in [0.2, 0.25) is 36.3 Å². The van der Waals surface area contributed by atoms with Gasteiger partial charge in [-0.25, -0.2) is 0 Å². The van der Waals surface area contributed by atoms with Crippen molar-refractivity contribution in [1.82, 2.24) is 0 Å². The number of allylic oxidation sites excluding steroid dienone is 1. The van der Waals surface area contributed by atoms with Crippen LogP contribution >= 0.6 is 7.14 Å². The molecule has 0 heterocycles. The van der Waals surface area contributed by atoms with Gasteiger partial charge in [-0.2, -0.15) is 0 Å². The summed E-state index contributed by atoms with van der Waals surface area (Å²) in [6, 6.07) is 20.0. The summed E-state index contributed by atoms with van der Waals surface area (Å²) in [6.45, 7) is 23.2. The fourth-order valence-electron chi connectivity index (χ4n) is 4.62. The maximum absolute atomic E-state index is 14.6. The molecule has 0 aliphatic heterocycles. The SMILES string of the molecule is CC(C)(C)[Si](C)(C)OC1C/C(=C/CP(=O)(c2ccccc2)c2ccccc2)C[C@@H](O[Si](C)(C)C(C)(C)C)C1. The van der Waals surface area contributed by atoms with E-state index in [9.17, 15) is 4.57 Å². The molecule has 38 heavy (non-hydrogen) atoms. The minimum atomic E-state index is -2.81. The van der Waals surface area contributed by atoms with Crippen LogP contribution in [0, 0.1) is 0 Å². The average molecular weight is 571 g/mol. The highest BCUT2D eigenvalue weighted by atomic mass is 31.2. The first-order chi connectivity index (χ1) is 17.4. The van der Waals surface area contributed by atoms with Crippen molar-refractivity contribution in [3.05, 3.63) is 72.3 Å². The van der Waals surface area contributed by atoms with Gasteiger partial charge < -0.3 is 13.4 Å². The molecule has 0 saturated heterocycles. The molecule has 0 amide bonds. The van der Waals surface area contributed by atoms with Crippen LogP contribution in [0.1, 0.15) is 60.8 Å². The molecular formula is C32H51O3PSi2. The molecule has 3 rings (SSSR count). The van der Waals surface area contributed by atoms with Crippen molar-refractivity contribution in [3.63, 3.8) is 0 Å². The Bertz CT molecular complexity index is 1050. The maximum atomic E-state index is 14.6. The minimum absolute atomic E-state index is 0.137. The highest BCUT2D eigenvalue weighted by molar-refractivity contribution is 7.78. The molecule has 1 saturated carbocycles. The van der Waals surface area contributed by atoms with Gasteiger partial charge in [-0.15, -0.1) is 0 Å². The fraction of sp³-hybridized carbons (Fsp3) is 0.562. The van der Waals surface area contributed by atoms with Gasteiger partial charge in [0.2, 0.25) is 0 Å². The van der Waals surface area contributed by atoms with Crippen LogP contribution in [-0.2, 0) is 13.4 Å². The monoisotopic (exact) mass is 570 g/mol. The van der Waals surface area contributed by atoms with Crippen LogP contribution in [0.3, 0.4) is 0 Å². The van der Waals surface area contributed by atoms with Crippen molar-refractivity contribution < 1.29 is 13.4 Å². The van der Waals surface area contributed by atoms with E-state index >= 15 is 0 Å². The summed E-state index contributed by atoms with van der Waals surface area (Å²) in [5.41, 5.74) is 1.33. The number of benzene rings is 2. The third-order valence-electron chi connectivity index (χ3n) is 9.02. The first-order valence-electron chi connectivity index (χ1n) is 14.2. The standard InChI is InChI=1S/C32H51O3PSi2/c1-31(2,3)37(7,8)34-27-23-26(24-28(25-27)35-38(9,10)32(4,5)6)21-22-36(33,29-17-13-11-14-18-29)30-19-15-12-16-20-30/h11-21,27-28H,22-25H2,1-10H3/b26-21-/t27?,28-/m1/s1. The molecular weight excluding hydrogens is 519 g/mol. The summed E-state index contributed by atoms with van der Waals surface area (Å²) in [7, 11) is -6.68. The van der Waals surface area contributed by atoms with Gasteiger partial charge in [0.25, 0.3) is 0 Å². The van der Waals surface area contributed by atoms with Crippen molar-refractivity contribution in [2.45, 2.75) is 109 Å². The van der Waals surface area contributed by atoms with E-state index in [-0.39, 0.29) is 22.3 Å². The zero-order valence-corrected chi connectivity index (χ0v) is 28.4. The summed E-state index contributed by atoms with van der Waals surface area (Å²) < 4.78 is 28.6. The lowest BCUT2D eigenvalue weighted by molar-refractivity contribution is 0.0725. The lowest BCUT2D eigenvalue weighted by Gasteiger charge is -2.45. The Kier molecular flexibility index (Phi) is 9.64. The van der Waals surface area contributed by atoms with Crippen molar-refractivity contribution in [2.75, 3.05) is 6.16 Å². The van der Waals surface area contributed by atoms with Crippen molar-refractivity contribution in [2.24, 2.45) is 0 Å². The van der Waals surface area contributed by atoms with Gasteiger partial charge in [-0.05, 0) is 55.5 Å². The maximum Gasteiger partial charge on any atom is 0.192 e. The Morgan fingerprint density at radius 3 is 1.45 bits per heavy atom. The molecule has 0 bridgehead atoms. The van der Waals surface area contributed by atoms with Crippen LogP contribution in [0.15, 0.2) is 72.3 Å². The van der Waals surface area contributed by atoms with Gasteiger partial charge in [-0.1, -0.05) is 114 Å². The van der Waals surface area contributed by atoms with Crippen LogP contribution in [0.4, 0.5) is 0 Å². The highest BCUT2D eigenvalue weighted by Gasteiger charge is 2.43. The van der Waals surface area contributed by atoms with Crippen molar-refractivity contribution in [1.29, 1.82) is 0 Å². The molecule has 0 spiro atoms. The fourth-order valence-corrected chi connectivity index (χ4v) is 9.89. The summed E-state index contributed by atoms with van der Waals surface area (Å²) in [5, 5.41) is 2.14. The number of hydrogen-bond donors (Lipinski definition) is 0. The van der Waals surface area contributed by atoms with Gasteiger partial charge in [0, 0.05) is 16.8 Å². The molecule has 1 aliphatic carbocycles. The third-order valence-corrected chi connectivity index (χ3v) is 21.1. The zero-order chi connectivity index (χ0) is 28.4. The van der Waals surface area contributed by atoms with E-state index in [1.54, 1.807) is 0 Å². The predicted molar refractivity (Wildman–Crippen MR) is 171 cm³/mol. The summed E-state index contributed by atoms with van der Waals surface area (Å²) in [5.74, 6) is 0. The second-order valence-electron chi connectivity index (χ2n) is 14.1. The quantitative estimate of drug-likeness (QED) is 0.181. The molecule has 0 aromatic heterocycles. The summed E-state index contributed by atoms with van der Waals surface area (Å²) in [6.07, 6.45) is 5.80. The molecule has 6 heteroatoms. The Hall–Kier alpha value is -1.24. The Labute approximate surface area is 235 Å². The van der Waals surface area contributed by atoms with Crippen molar-refractivity contribution in [3.8, 4) is 0 Å². The average Bonchev–Trinajstić information content (AvgIpc) is 2.81. The lowest BCUT2D eigenvalue weighted by Crippen LogP contribution is -2.48. The van der Waals surface area contributed by atoms with E-state index in [0.717, 1.165) is 29.9 Å². The molecule has 1 unspecified atom stereocenters. The van der Waals surface area contributed by atoms with E-state index in [4.69, 9.17) is 8.85 Å². The molecule has 2 atom stereocenters. The number of rotatable bonds is 8. The topological polar surface area (TPSA) is 35.5 Å². The molecule has 210 valence electrons. The van der Waals surface area contributed by atoms with Gasteiger partial charge in [0.15, 0.2) is 16.6 Å². The smallest absolute Gasteiger partial charge is 0.192 e. The first-order valence-corrected chi connectivity index (χ1v) is 21.9. The molecule has 0 N–H and O–H groups in total. The Balaban J connectivity index is 1.95. The van der Waals surface area contributed by atoms with E-state index in [1.165, 1.54) is 5.57 Å². The molecule has 2 aromatic rings. The molecule has 3 nitrogen and oxygen atoms in total. The zero-order valence-electron chi connectivity index (χ0n) is 25.5. The van der Waals surface area contributed by atoms with Gasteiger partial charge in [0.05, 0.1) is 12.2 Å². The van der Waals surface area contributed by atoms with Gasteiger partial charge >= 0.3 is 0 Å². The third kappa shape index (κ3) is 7.49. The normalized spacial score (nSPS) is 21.1. The number of hydrogen-bond acceptors (Lipinski definition) is 3. The molecule has 0 radical (unpaired) electrons. The molecule has 2 aromatic carbocycles. The van der Waals surface area contributed by atoms with Crippen LogP contribution < -0.4 is 10.6 Å². The van der Waals surface area contributed by atoms with Crippen LogP contribution in [0.5, 0.6) is 0 Å². The van der Waals surface area contributed by atoms with E-state index in [2.05, 4.69) is 73.8 Å². The molecule has 1 aliphatic rings. The van der Waals surface area contributed by atoms with Gasteiger partial charge in [0.1, 0.15) is 7.14 Å². The van der Waals surface area contributed by atoms with E-state index < -0.39 is 23.8 Å². The Morgan fingerprint density at radius 2 is 1.11 bits per heavy atom. The van der Waals surface area contributed by atoms with E-state index in [1.807, 2.05) is 60.7 Å². The van der Waals surface area contributed by atoms with Crippen LogP contribution in [0.25, 0.3) is 0 Å². The largest absolute Gasteiger partial charge is 0.414 e. The summed E-state index contributed by atoms with van der Waals surface area (Å²) in [4.78, 5) is 0. The van der Waals surface area contributed by atoms with E-state index in [0.29, 0.717) is 6.16 Å². The van der Waals surface area contributed by atoms with Crippen molar-refractivity contribution >= 4 is 34.4 Å². The predicted octanol–water partition coefficient (Wildman–Crippen LogP) is 8.89. The van der Waals surface area contributed by atoms with Gasteiger partial charge in [-0.3, -0.25) is 0 Å². The molecule has 1 fully saturated rings. The second-order valence-corrected chi connectivity index (χ2v) is 26.5. The second kappa shape index (κ2) is 11.7. The Morgan fingerprint density at radius 1 is 0.737 bits per heavy atom. The minimum Gasteiger partial charge on any atom is -0.414 e. The summed E-state index contributed by atoms with van der Waals surface area (Å²) >= 11 is 0. The lowest BCUT2D eigenvalue weighted by atomic mass is 9.90.